The smallest absolute Gasteiger partial charge is 0.110 e. The third-order valence-electron chi connectivity index (χ3n) is 3.27. The standard InChI is InChI=1S/C14H27N3O/c1-5-9-17-10-8-16-14(17)11-12(15-4)13(6-2)18-7-3/h8,10,12-13,15H,5-7,9,11H2,1-4H3. The SMILES string of the molecule is CCCn1ccnc1CC(NC)C(CC)OCC. The summed E-state index contributed by atoms with van der Waals surface area (Å²) in [5.74, 6) is 1.15. The first-order valence-corrected chi connectivity index (χ1v) is 7.05. The molecule has 18 heavy (non-hydrogen) atoms. The average molecular weight is 253 g/mol. The van der Waals surface area contributed by atoms with Crippen LogP contribution in [0.15, 0.2) is 12.4 Å². The Balaban J connectivity index is 2.68. The van der Waals surface area contributed by atoms with E-state index in [0.29, 0.717) is 6.04 Å². The van der Waals surface area contributed by atoms with Crippen molar-refractivity contribution in [2.75, 3.05) is 13.7 Å². The molecule has 2 atom stereocenters. The van der Waals surface area contributed by atoms with Gasteiger partial charge in [0.25, 0.3) is 0 Å². The molecule has 1 N–H and O–H groups in total. The Bertz CT molecular complexity index is 325. The highest BCUT2D eigenvalue weighted by Crippen LogP contribution is 2.11. The van der Waals surface area contributed by atoms with E-state index < -0.39 is 0 Å². The van der Waals surface area contributed by atoms with Gasteiger partial charge in [-0.25, -0.2) is 4.98 Å². The molecule has 1 heterocycles. The first-order chi connectivity index (χ1) is 8.76. The van der Waals surface area contributed by atoms with Crippen LogP contribution in [0.3, 0.4) is 0 Å². The number of imidazole rings is 1. The summed E-state index contributed by atoms with van der Waals surface area (Å²) in [4.78, 5) is 4.47. The van der Waals surface area contributed by atoms with E-state index in [1.807, 2.05) is 20.2 Å². The second-order valence-corrected chi connectivity index (χ2v) is 4.54. The summed E-state index contributed by atoms with van der Waals surface area (Å²) in [6.07, 6.45) is 7.28. The second kappa shape index (κ2) is 8.27. The lowest BCUT2D eigenvalue weighted by Crippen LogP contribution is -2.41. The molecular formula is C14H27N3O. The van der Waals surface area contributed by atoms with E-state index in [2.05, 4.69) is 34.9 Å². The Morgan fingerprint density at radius 1 is 1.39 bits per heavy atom. The maximum Gasteiger partial charge on any atom is 0.110 e. The van der Waals surface area contributed by atoms with Gasteiger partial charge in [-0.1, -0.05) is 13.8 Å². The van der Waals surface area contributed by atoms with Gasteiger partial charge in [-0.15, -0.1) is 0 Å². The molecule has 1 aromatic heterocycles. The van der Waals surface area contributed by atoms with Crippen LogP contribution in [0, 0.1) is 0 Å². The first-order valence-electron chi connectivity index (χ1n) is 7.05. The summed E-state index contributed by atoms with van der Waals surface area (Å²) >= 11 is 0. The largest absolute Gasteiger partial charge is 0.377 e. The fraction of sp³-hybridized carbons (Fsp3) is 0.786. The van der Waals surface area contributed by atoms with Crippen molar-refractivity contribution in [3.05, 3.63) is 18.2 Å². The van der Waals surface area contributed by atoms with E-state index in [1.165, 1.54) is 0 Å². The van der Waals surface area contributed by atoms with Crippen molar-refractivity contribution in [3.8, 4) is 0 Å². The Morgan fingerprint density at radius 2 is 2.17 bits per heavy atom. The van der Waals surface area contributed by atoms with Crippen molar-refractivity contribution in [3.63, 3.8) is 0 Å². The van der Waals surface area contributed by atoms with Crippen molar-refractivity contribution in [2.24, 2.45) is 0 Å². The molecule has 0 aliphatic heterocycles. The monoisotopic (exact) mass is 253 g/mol. The molecule has 0 bridgehead atoms. The summed E-state index contributed by atoms with van der Waals surface area (Å²) in [6.45, 7) is 8.21. The van der Waals surface area contributed by atoms with Crippen molar-refractivity contribution in [1.82, 2.24) is 14.9 Å². The lowest BCUT2D eigenvalue weighted by molar-refractivity contribution is 0.0332. The van der Waals surface area contributed by atoms with Gasteiger partial charge in [-0.3, -0.25) is 0 Å². The number of ether oxygens (including phenoxy) is 1. The zero-order chi connectivity index (χ0) is 13.4. The van der Waals surface area contributed by atoms with Gasteiger partial charge in [0.05, 0.1) is 6.10 Å². The van der Waals surface area contributed by atoms with Crippen LogP contribution < -0.4 is 5.32 Å². The Morgan fingerprint density at radius 3 is 2.72 bits per heavy atom. The van der Waals surface area contributed by atoms with Crippen LogP contribution in [0.1, 0.15) is 39.4 Å². The number of likely N-dealkylation sites (N-methyl/N-ethyl adjacent to an activating group) is 1. The molecule has 0 aromatic carbocycles. The van der Waals surface area contributed by atoms with Crippen LogP contribution in [-0.2, 0) is 17.7 Å². The molecule has 1 rings (SSSR count). The van der Waals surface area contributed by atoms with Crippen LogP contribution >= 0.6 is 0 Å². The molecule has 0 aliphatic carbocycles. The molecule has 0 saturated heterocycles. The molecule has 0 fully saturated rings. The third-order valence-corrected chi connectivity index (χ3v) is 3.27. The van der Waals surface area contributed by atoms with Crippen molar-refractivity contribution < 1.29 is 4.74 Å². The number of hydrogen-bond donors (Lipinski definition) is 1. The van der Waals surface area contributed by atoms with Crippen LogP contribution in [0.25, 0.3) is 0 Å². The molecule has 0 amide bonds. The number of hydrogen-bond acceptors (Lipinski definition) is 3. The number of nitrogens with one attached hydrogen (secondary N) is 1. The zero-order valence-corrected chi connectivity index (χ0v) is 12.1. The molecule has 0 aliphatic rings. The number of aryl methyl sites for hydroxylation is 1. The van der Waals surface area contributed by atoms with Crippen LogP contribution in [0.2, 0.25) is 0 Å². The van der Waals surface area contributed by atoms with Gasteiger partial charge in [-0.2, -0.15) is 0 Å². The molecule has 1 aromatic rings. The Hall–Kier alpha value is -0.870. The van der Waals surface area contributed by atoms with Crippen molar-refractivity contribution >= 4 is 0 Å². The molecule has 0 spiro atoms. The minimum atomic E-state index is 0.256. The quantitative estimate of drug-likeness (QED) is 0.733. The summed E-state index contributed by atoms with van der Waals surface area (Å²) in [5, 5.41) is 3.37. The molecule has 0 radical (unpaired) electrons. The van der Waals surface area contributed by atoms with Gasteiger partial charge < -0.3 is 14.6 Å². The zero-order valence-electron chi connectivity index (χ0n) is 12.1. The van der Waals surface area contributed by atoms with Crippen molar-refractivity contribution in [1.29, 1.82) is 0 Å². The Labute approximate surface area is 111 Å². The molecule has 0 saturated carbocycles. The normalized spacial score (nSPS) is 14.7. The van der Waals surface area contributed by atoms with Crippen LogP contribution in [0.5, 0.6) is 0 Å². The number of rotatable bonds is 9. The highest BCUT2D eigenvalue weighted by molar-refractivity contribution is 4.97. The topological polar surface area (TPSA) is 39.1 Å². The van der Waals surface area contributed by atoms with Gasteiger partial charge >= 0.3 is 0 Å². The summed E-state index contributed by atoms with van der Waals surface area (Å²) in [6, 6.07) is 0.327. The number of aromatic nitrogens is 2. The third kappa shape index (κ3) is 4.10. The Kier molecular flexibility index (Phi) is 6.98. The van der Waals surface area contributed by atoms with Gasteiger partial charge in [0.1, 0.15) is 5.82 Å². The molecule has 2 unspecified atom stereocenters. The highest BCUT2D eigenvalue weighted by atomic mass is 16.5. The molecule has 104 valence electrons. The molecule has 4 nitrogen and oxygen atoms in total. The molecule has 4 heteroatoms. The van der Waals surface area contributed by atoms with E-state index in [1.54, 1.807) is 0 Å². The summed E-state index contributed by atoms with van der Waals surface area (Å²) in [7, 11) is 2.00. The predicted octanol–water partition coefficient (Wildman–Crippen LogP) is 2.24. The lowest BCUT2D eigenvalue weighted by atomic mass is 10.0. The van der Waals surface area contributed by atoms with Gasteiger partial charge in [0.15, 0.2) is 0 Å². The van der Waals surface area contributed by atoms with Gasteiger partial charge in [-0.05, 0) is 26.8 Å². The predicted molar refractivity (Wildman–Crippen MR) is 74.8 cm³/mol. The maximum atomic E-state index is 5.79. The fourth-order valence-corrected chi connectivity index (χ4v) is 2.32. The first kappa shape index (κ1) is 15.2. The van der Waals surface area contributed by atoms with E-state index in [0.717, 1.165) is 38.2 Å². The van der Waals surface area contributed by atoms with E-state index in [4.69, 9.17) is 4.74 Å². The fourth-order valence-electron chi connectivity index (χ4n) is 2.32. The second-order valence-electron chi connectivity index (χ2n) is 4.54. The molecular weight excluding hydrogens is 226 g/mol. The summed E-state index contributed by atoms with van der Waals surface area (Å²) < 4.78 is 8.03. The van der Waals surface area contributed by atoms with Crippen LogP contribution in [-0.4, -0.2) is 35.4 Å². The van der Waals surface area contributed by atoms with Crippen LogP contribution in [0.4, 0.5) is 0 Å². The van der Waals surface area contributed by atoms with E-state index in [-0.39, 0.29) is 6.10 Å². The minimum absolute atomic E-state index is 0.256. The summed E-state index contributed by atoms with van der Waals surface area (Å²) in [5.41, 5.74) is 0. The van der Waals surface area contributed by atoms with Crippen molar-refractivity contribution in [2.45, 2.75) is 58.7 Å². The van der Waals surface area contributed by atoms with E-state index in [9.17, 15) is 0 Å². The number of nitrogens with zero attached hydrogens (tertiary/aromatic N) is 2. The maximum absolute atomic E-state index is 5.79. The van der Waals surface area contributed by atoms with Gasteiger partial charge in [0, 0.05) is 38.0 Å². The minimum Gasteiger partial charge on any atom is -0.377 e. The van der Waals surface area contributed by atoms with Gasteiger partial charge in [0.2, 0.25) is 0 Å². The van der Waals surface area contributed by atoms with E-state index >= 15 is 0 Å². The lowest BCUT2D eigenvalue weighted by Gasteiger charge is -2.25. The average Bonchev–Trinajstić information content (AvgIpc) is 2.81. The highest BCUT2D eigenvalue weighted by Gasteiger charge is 2.20.